The van der Waals surface area contributed by atoms with Gasteiger partial charge in [0.25, 0.3) is 0 Å². The van der Waals surface area contributed by atoms with Gasteiger partial charge in [0, 0.05) is 45.9 Å². The third-order valence-corrected chi connectivity index (χ3v) is 16.7. The molecule has 0 bridgehead atoms. The normalized spacial score (nSPS) is 15.4. The molecule has 0 saturated heterocycles. The lowest BCUT2D eigenvalue weighted by molar-refractivity contribution is 0.436. The molecule has 0 spiro atoms. The molecular weight excluding hydrogens is 932 g/mol. The monoisotopic (exact) mass is 997 g/mol. The molecule has 6 heteroatoms. The van der Waals surface area contributed by atoms with Gasteiger partial charge in [-0.3, -0.25) is 4.57 Å². The molecule has 378 valence electrons. The highest BCUT2D eigenvalue weighted by atomic mass is 19.1. The highest BCUT2D eigenvalue weighted by Gasteiger charge is 2.33. The number of benzene rings is 8. The second-order valence-electron chi connectivity index (χ2n) is 22.5. The Bertz CT molecular complexity index is 3710. The summed E-state index contributed by atoms with van der Waals surface area (Å²) in [6.45, 7) is 7.31. The number of anilines is 4. The molecule has 0 atom stereocenters. The van der Waals surface area contributed by atoms with Crippen molar-refractivity contribution in [3.8, 4) is 50.7 Å². The molecular formula is C70H65FN4O. The number of halogens is 1. The van der Waals surface area contributed by atoms with Crippen molar-refractivity contribution in [2.75, 3.05) is 16.5 Å². The molecule has 8 aromatic carbocycles. The summed E-state index contributed by atoms with van der Waals surface area (Å²) in [6, 6.07) is 66.8. The number of para-hydroxylation sites is 4. The number of hydrogen-bond acceptors (Lipinski definition) is 4. The van der Waals surface area contributed by atoms with Gasteiger partial charge >= 0.3 is 0 Å². The fraction of sp³-hybridized carbons (Fsp3) is 0.243. The standard InChI is InChI=1S/C70H65FN4O/c1-70(2,3)52-39-40-72-67(43-52)75-63-30-14-13-25-61(63)62-38-37-55(45-66(62)75)76-56-42-51(68-57(47-19-7-4-8-20-47)26-17-27-58(68)48-21-9-5-10-22-48)41-54(44-56)73-46-74(65-32-16-15-31-64(65)73)69-59(49-23-11-6-12-24-49)28-18-29-60(69)50-33-35-53(71)36-34-50/h6,11-18,23-45,47-48H,4-5,7-10,19-22,46H2,1-3H3. The lowest BCUT2D eigenvalue weighted by Crippen LogP contribution is -2.25. The van der Waals surface area contributed by atoms with Crippen LogP contribution in [0.3, 0.4) is 0 Å². The zero-order valence-corrected chi connectivity index (χ0v) is 44.0. The van der Waals surface area contributed by atoms with E-state index in [1.807, 2.05) is 18.3 Å². The Morgan fingerprint density at radius 1 is 0.500 bits per heavy atom. The molecule has 3 aliphatic rings. The Labute approximate surface area is 447 Å². The molecule has 0 amide bonds. The van der Waals surface area contributed by atoms with Crippen LogP contribution in [-0.4, -0.2) is 16.2 Å². The Morgan fingerprint density at radius 2 is 1.12 bits per heavy atom. The first-order chi connectivity index (χ1) is 37.2. The van der Waals surface area contributed by atoms with Crippen molar-refractivity contribution >= 4 is 44.6 Å². The number of aromatic nitrogens is 2. The summed E-state index contributed by atoms with van der Waals surface area (Å²) in [5.74, 6) is 3.23. The summed E-state index contributed by atoms with van der Waals surface area (Å²) in [5.41, 5.74) is 17.6. The van der Waals surface area contributed by atoms with Gasteiger partial charge in [0.2, 0.25) is 0 Å². The van der Waals surface area contributed by atoms with Crippen LogP contribution in [0.5, 0.6) is 11.5 Å². The number of hydrogen-bond donors (Lipinski definition) is 0. The number of ether oxygens (including phenoxy) is 1. The van der Waals surface area contributed by atoms with E-state index in [0.29, 0.717) is 18.5 Å². The van der Waals surface area contributed by atoms with Crippen molar-refractivity contribution in [2.45, 2.75) is 102 Å². The van der Waals surface area contributed by atoms with Crippen molar-refractivity contribution in [1.29, 1.82) is 0 Å². The van der Waals surface area contributed by atoms with Crippen LogP contribution in [0.2, 0.25) is 0 Å². The summed E-state index contributed by atoms with van der Waals surface area (Å²) >= 11 is 0. The van der Waals surface area contributed by atoms with Gasteiger partial charge in [0.1, 0.15) is 29.8 Å². The van der Waals surface area contributed by atoms with Crippen LogP contribution >= 0.6 is 0 Å². The fourth-order valence-electron chi connectivity index (χ4n) is 12.9. The first kappa shape index (κ1) is 47.7. The van der Waals surface area contributed by atoms with Crippen LogP contribution in [0.15, 0.2) is 194 Å². The van der Waals surface area contributed by atoms with Crippen molar-refractivity contribution in [1.82, 2.24) is 9.55 Å². The number of rotatable bonds is 10. The first-order valence-corrected chi connectivity index (χ1v) is 27.8. The molecule has 0 unspecified atom stereocenters. The van der Waals surface area contributed by atoms with Crippen LogP contribution in [-0.2, 0) is 5.41 Å². The molecule has 76 heavy (non-hydrogen) atoms. The molecule has 0 N–H and O–H groups in total. The number of fused-ring (bicyclic) bond motifs is 4. The molecule has 2 aromatic heterocycles. The predicted octanol–water partition coefficient (Wildman–Crippen LogP) is 19.8. The lowest BCUT2D eigenvalue weighted by Gasteiger charge is -2.31. The zero-order chi connectivity index (χ0) is 51.3. The molecule has 5 nitrogen and oxygen atoms in total. The van der Waals surface area contributed by atoms with E-state index in [1.54, 1.807) is 12.1 Å². The molecule has 2 saturated carbocycles. The minimum absolute atomic E-state index is 0.0387. The van der Waals surface area contributed by atoms with Gasteiger partial charge in [-0.25, -0.2) is 9.37 Å². The van der Waals surface area contributed by atoms with Gasteiger partial charge in [-0.05, 0) is 149 Å². The maximum atomic E-state index is 14.6. The average Bonchev–Trinajstić information content (AvgIpc) is 4.03. The van der Waals surface area contributed by atoms with Gasteiger partial charge in [-0.2, -0.15) is 0 Å². The minimum Gasteiger partial charge on any atom is -0.457 e. The average molecular weight is 997 g/mol. The molecule has 3 heterocycles. The largest absolute Gasteiger partial charge is 0.457 e. The third kappa shape index (κ3) is 8.91. The lowest BCUT2D eigenvalue weighted by atomic mass is 9.75. The maximum absolute atomic E-state index is 14.6. The van der Waals surface area contributed by atoms with E-state index in [-0.39, 0.29) is 11.2 Å². The highest BCUT2D eigenvalue weighted by Crippen LogP contribution is 2.52. The van der Waals surface area contributed by atoms with Gasteiger partial charge in [-0.15, -0.1) is 0 Å². The van der Waals surface area contributed by atoms with Gasteiger partial charge in [0.15, 0.2) is 0 Å². The molecule has 1 aliphatic heterocycles. The number of nitrogens with zero attached hydrogens (tertiary/aromatic N) is 4. The smallest absolute Gasteiger partial charge is 0.137 e. The van der Waals surface area contributed by atoms with E-state index in [1.165, 1.54) is 97.4 Å². The van der Waals surface area contributed by atoms with Crippen molar-refractivity contribution in [2.24, 2.45) is 0 Å². The van der Waals surface area contributed by atoms with E-state index in [9.17, 15) is 4.39 Å². The first-order valence-electron chi connectivity index (χ1n) is 27.8. The molecule has 2 aliphatic carbocycles. The van der Waals surface area contributed by atoms with E-state index < -0.39 is 0 Å². The van der Waals surface area contributed by atoms with Crippen LogP contribution in [0, 0.1) is 5.82 Å². The Balaban J connectivity index is 0.998. The quantitative estimate of drug-likeness (QED) is 0.137. The van der Waals surface area contributed by atoms with E-state index in [2.05, 4.69) is 199 Å². The Kier molecular flexibility index (Phi) is 12.5. The van der Waals surface area contributed by atoms with Crippen LogP contribution in [0.4, 0.5) is 27.1 Å². The fourth-order valence-corrected chi connectivity index (χ4v) is 12.9. The SMILES string of the molecule is CC(C)(C)c1ccnc(-n2c3ccccc3c3ccc(Oc4cc(-c5c(C6CCCCC6)cccc5C5CCCCC5)cc(N5CN(c6c(-c7ccccc7)cccc6-c6ccc(F)cc6)c6ccccc65)c4)cc32)c1. The van der Waals surface area contributed by atoms with Crippen molar-refractivity contribution in [3.63, 3.8) is 0 Å². The topological polar surface area (TPSA) is 33.5 Å². The Hall–Kier alpha value is -7.96. The zero-order valence-electron chi connectivity index (χ0n) is 44.0. The van der Waals surface area contributed by atoms with Gasteiger partial charge in [0.05, 0.1) is 28.1 Å². The van der Waals surface area contributed by atoms with Gasteiger partial charge in [-0.1, -0.05) is 168 Å². The second-order valence-corrected chi connectivity index (χ2v) is 22.5. The third-order valence-electron chi connectivity index (χ3n) is 16.7. The minimum atomic E-state index is -0.248. The predicted molar refractivity (Wildman–Crippen MR) is 314 cm³/mol. The van der Waals surface area contributed by atoms with Crippen LogP contribution in [0.25, 0.3) is 61.0 Å². The summed E-state index contributed by atoms with van der Waals surface area (Å²) in [5, 5.41) is 2.34. The van der Waals surface area contributed by atoms with Crippen LogP contribution < -0.4 is 14.5 Å². The molecule has 10 aromatic rings. The summed E-state index contributed by atoms with van der Waals surface area (Å²) in [4.78, 5) is 9.93. The summed E-state index contributed by atoms with van der Waals surface area (Å²) in [6.07, 6.45) is 14.5. The highest BCUT2D eigenvalue weighted by molar-refractivity contribution is 6.09. The number of pyridine rings is 1. The Morgan fingerprint density at radius 3 is 1.82 bits per heavy atom. The molecule has 13 rings (SSSR count). The summed E-state index contributed by atoms with van der Waals surface area (Å²) < 4.78 is 24.2. The van der Waals surface area contributed by atoms with Gasteiger partial charge < -0.3 is 14.5 Å². The van der Waals surface area contributed by atoms with Crippen molar-refractivity contribution in [3.05, 3.63) is 217 Å². The second kappa shape index (κ2) is 20.0. The van der Waals surface area contributed by atoms with Crippen LogP contribution in [0.1, 0.15) is 114 Å². The maximum Gasteiger partial charge on any atom is 0.137 e. The van der Waals surface area contributed by atoms with E-state index >= 15 is 0 Å². The molecule has 0 radical (unpaired) electrons. The van der Waals surface area contributed by atoms with E-state index in [0.717, 1.165) is 78.7 Å². The van der Waals surface area contributed by atoms with Crippen molar-refractivity contribution < 1.29 is 9.13 Å². The van der Waals surface area contributed by atoms with E-state index in [4.69, 9.17) is 9.72 Å². The summed E-state index contributed by atoms with van der Waals surface area (Å²) in [7, 11) is 0. The molecule has 2 fully saturated rings.